The second kappa shape index (κ2) is 10.0. The van der Waals surface area contributed by atoms with Crippen molar-refractivity contribution in [3.05, 3.63) is 84.7 Å². The van der Waals surface area contributed by atoms with Gasteiger partial charge in [0, 0.05) is 52.6 Å². The number of H-pyrrole nitrogens is 2. The van der Waals surface area contributed by atoms with E-state index in [2.05, 4.69) is 47.6 Å². The maximum Gasteiger partial charge on any atom is 0.123 e. The zero-order valence-electron chi connectivity index (χ0n) is 21.4. The average Bonchev–Trinajstić information content (AvgIpc) is 3.72. The van der Waals surface area contributed by atoms with E-state index >= 15 is 0 Å². The van der Waals surface area contributed by atoms with E-state index < -0.39 is 0 Å². The summed E-state index contributed by atoms with van der Waals surface area (Å²) in [6.07, 6.45) is 12.7. The van der Waals surface area contributed by atoms with Crippen molar-refractivity contribution in [1.29, 1.82) is 0 Å². The average molecular weight is 518 g/mol. The van der Waals surface area contributed by atoms with Crippen LogP contribution in [0.3, 0.4) is 0 Å². The second-order valence-corrected chi connectivity index (χ2v) is 10.4. The minimum absolute atomic E-state index is 0.288. The van der Waals surface area contributed by atoms with Crippen molar-refractivity contribution in [2.45, 2.75) is 32.2 Å². The summed E-state index contributed by atoms with van der Waals surface area (Å²) in [5.74, 6) is 0.513. The Labute approximate surface area is 224 Å². The Hall–Kier alpha value is -4.43. The van der Waals surface area contributed by atoms with Gasteiger partial charge in [-0.25, -0.2) is 4.39 Å². The molecule has 0 bridgehead atoms. The third kappa shape index (κ3) is 4.68. The van der Waals surface area contributed by atoms with Crippen molar-refractivity contribution < 1.29 is 4.39 Å². The van der Waals surface area contributed by atoms with Crippen LogP contribution in [0.4, 0.5) is 4.39 Å². The molecule has 3 N–H and O–H groups in total. The number of aromatic amines is 2. The zero-order valence-corrected chi connectivity index (χ0v) is 21.4. The summed E-state index contributed by atoms with van der Waals surface area (Å²) in [6.45, 7) is 1.86. The van der Waals surface area contributed by atoms with Crippen molar-refractivity contribution in [2.24, 2.45) is 5.92 Å². The highest BCUT2D eigenvalue weighted by Crippen LogP contribution is 2.34. The normalized spacial score (nSPS) is 14.1. The number of fused-ring (bicyclic) bond motifs is 2. The number of rotatable bonds is 7. The molecule has 0 amide bonds. The lowest BCUT2D eigenvalue weighted by molar-refractivity contribution is 0.489. The SMILES string of the molecule is Fc1cccc(-c2nccc3[nH]c(-c4n[nH]c5cnc(-c6cncc(CNCC7CCCC7)c6)cc45)cc23)c1. The Morgan fingerprint density at radius 3 is 2.67 bits per heavy atom. The fourth-order valence-corrected chi connectivity index (χ4v) is 5.69. The van der Waals surface area contributed by atoms with E-state index in [4.69, 9.17) is 0 Å². The number of aromatic nitrogens is 6. The monoisotopic (exact) mass is 517 g/mol. The van der Waals surface area contributed by atoms with Crippen LogP contribution < -0.4 is 5.32 Å². The van der Waals surface area contributed by atoms with Crippen LogP contribution in [0.25, 0.3) is 55.7 Å². The first-order valence-electron chi connectivity index (χ1n) is 13.4. The second-order valence-electron chi connectivity index (χ2n) is 10.4. The molecule has 0 saturated heterocycles. The lowest BCUT2D eigenvalue weighted by Crippen LogP contribution is -2.20. The van der Waals surface area contributed by atoms with Crippen LogP contribution in [0.2, 0.25) is 0 Å². The largest absolute Gasteiger partial charge is 0.353 e. The highest BCUT2D eigenvalue weighted by molar-refractivity contribution is 6.00. The van der Waals surface area contributed by atoms with E-state index in [1.807, 2.05) is 36.8 Å². The summed E-state index contributed by atoms with van der Waals surface area (Å²) in [5, 5.41) is 13.2. The first kappa shape index (κ1) is 23.7. The number of pyridine rings is 3. The van der Waals surface area contributed by atoms with Crippen molar-refractivity contribution in [2.75, 3.05) is 6.54 Å². The molecule has 0 radical (unpaired) electrons. The van der Waals surface area contributed by atoms with E-state index in [1.165, 1.54) is 37.8 Å². The molecule has 0 atom stereocenters. The van der Waals surface area contributed by atoms with Gasteiger partial charge in [0.15, 0.2) is 0 Å². The molecule has 5 heterocycles. The van der Waals surface area contributed by atoms with Crippen LogP contribution in [0.1, 0.15) is 31.2 Å². The van der Waals surface area contributed by atoms with Gasteiger partial charge in [0.1, 0.15) is 11.5 Å². The molecule has 194 valence electrons. The summed E-state index contributed by atoms with van der Waals surface area (Å²) < 4.78 is 13.9. The molecule has 1 saturated carbocycles. The molecule has 0 spiro atoms. The molecule has 6 aromatic rings. The minimum Gasteiger partial charge on any atom is -0.353 e. The molecule has 1 aliphatic rings. The summed E-state index contributed by atoms with van der Waals surface area (Å²) in [6, 6.07) is 14.7. The predicted molar refractivity (Wildman–Crippen MR) is 151 cm³/mol. The molecule has 0 unspecified atom stereocenters. The third-order valence-electron chi connectivity index (χ3n) is 7.68. The van der Waals surface area contributed by atoms with E-state index in [0.29, 0.717) is 0 Å². The highest BCUT2D eigenvalue weighted by atomic mass is 19.1. The van der Waals surface area contributed by atoms with Crippen LogP contribution in [0, 0.1) is 11.7 Å². The van der Waals surface area contributed by atoms with Gasteiger partial charge in [-0.1, -0.05) is 25.0 Å². The van der Waals surface area contributed by atoms with Crippen LogP contribution in [-0.4, -0.2) is 36.7 Å². The lowest BCUT2D eigenvalue weighted by Gasteiger charge is -2.11. The fourth-order valence-electron chi connectivity index (χ4n) is 5.69. The van der Waals surface area contributed by atoms with Gasteiger partial charge in [0.05, 0.1) is 28.8 Å². The summed E-state index contributed by atoms with van der Waals surface area (Å²) in [4.78, 5) is 17.2. The molecular weight excluding hydrogens is 489 g/mol. The quantitative estimate of drug-likeness (QED) is 0.220. The first-order valence-corrected chi connectivity index (χ1v) is 13.4. The minimum atomic E-state index is -0.288. The number of hydrogen-bond donors (Lipinski definition) is 3. The number of halogens is 1. The topological polar surface area (TPSA) is 95.2 Å². The number of benzene rings is 1. The van der Waals surface area contributed by atoms with E-state index in [0.717, 1.165) is 80.3 Å². The Kier molecular flexibility index (Phi) is 6.09. The summed E-state index contributed by atoms with van der Waals surface area (Å²) in [7, 11) is 0. The van der Waals surface area contributed by atoms with Gasteiger partial charge >= 0.3 is 0 Å². The van der Waals surface area contributed by atoms with E-state index in [-0.39, 0.29) is 5.82 Å². The van der Waals surface area contributed by atoms with Gasteiger partial charge in [-0.05, 0) is 67.3 Å². The Balaban J connectivity index is 1.20. The van der Waals surface area contributed by atoms with Gasteiger partial charge in [-0.3, -0.25) is 20.1 Å². The fraction of sp³-hybridized carbons (Fsp3) is 0.226. The van der Waals surface area contributed by atoms with Crippen molar-refractivity contribution in [3.63, 3.8) is 0 Å². The Morgan fingerprint density at radius 2 is 1.77 bits per heavy atom. The van der Waals surface area contributed by atoms with Crippen molar-refractivity contribution >= 4 is 21.8 Å². The van der Waals surface area contributed by atoms with Gasteiger partial charge in [0.25, 0.3) is 0 Å². The molecule has 1 fully saturated rings. The summed E-state index contributed by atoms with van der Waals surface area (Å²) >= 11 is 0. The standard InChI is InChI=1S/C31H28FN7/c32-23-7-3-6-21(11-23)30-24-13-28(37-26(24)8-9-35-30)31-25-12-27(36-18-29(25)38-39-31)22-10-20(16-34-17-22)15-33-14-19-4-1-2-5-19/h3,6-13,16-19,33,37H,1-2,4-5,14-15H2,(H,38,39). The van der Waals surface area contributed by atoms with Gasteiger partial charge < -0.3 is 10.3 Å². The molecule has 0 aliphatic heterocycles. The van der Waals surface area contributed by atoms with Gasteiger partial charge in [-0.2, -0.15) is 5.10 Å². The third-order valence-corrected chi connectivity index (χ3v) is 7.68. The molecule has 5 aromatic heterocycles. The van der Waals surface area contributed by atoms with Crippen LogP contribution in [-0.2, 0) is 6.54 Å². The molecule has 1 aromatic carbocycles. The van der Waals surface area contributed by atoms with Gasteiger partial charge in [0.2, 0.25) is 0 Å². The molecular formula is C31H28FN7. The molecule has 1 aliphatic carbocycles. The maximum atomic E-state index is 13.9. The maximum absolute atomic E-state index is 13.9. The van der Waals surface area contributed by atoms with Crippen molar-refractivity contribution in [1.82, 2.24) is 35.5 Å². The summed E-state index contributed by atoms with van der Waals surface area (Å²) in [5.41, 5.74) is 7.81. The zero-order chi connectivity index (χ0) is 26.2. The van der Waals surface area contributed by atoms with Crippen molar-refractivity contribution in [3.8, 4) is 33.9 Å². The predicted octanol–water partition coefficient (Wildman–Crippen LogP) is 6.65. The number of nitrogens with one attached hydrogen (secondary N) is 3. The molecule has 7 nitrogen and oxygen atoms in total. The van der Waals surface area contributed by atoms with Crippen LogP contribution in [0.15, 0.2) is 73.3 Å². The van der Waals surface area contributed by atoms with Crippen LogP contribution >= 0.6 is 0 Å². The smallest absolute Gasteiger partial charge is 0.123 e. The van der Waals surface area contributed by atoms with Crippen LogP contribution in [0.5, 0.6) is 0 Å². The lowest BCUT2D eigenvalue weighted by atomic mass is 10.1. The number of hydrogen-bond acceptors (Lipinski definition) is 5. The molecule has 7 rings (SSSR count). The van der Waals surface area contributed by atoms with E-state index in [9.17, 15) is 4.39 Å². The number of nitrogens with zero attached hydrogens (tertiary/aromatic N) is 4. The first-order chi connectivity index (χ1) is 19.2. The Morgan fingerprint density at radius 1 is 0.872 bits per heavy atom. The molecule has 39 heavy (non-hydrogen) atoms. The van der Waals surface area contributed by atoms with E-state index in [1.54, 1.807) is 12.3 Å². The Bertz CT molecular complexity index is 1780. The van der Waals surface area contributed by atoms with Gasteiger partial charge in [-0.15, -0.1) is 0 Å². The highest BCUT2D eigenvalue weighted by Gasteiger charge is 2.17. The molecule has 8 heteroatoms.